The zero-order chi connectivity index (χ0) is 22.0. The minimum atomic E-state index is -0.542. The minimum Gasteiger partial charge on any atom is -0.482 e. The van der Waals surface area contributed by atoms with Crippen molar-refractivity contribution >= 4 is 35.0 Å². The third kappa shape index (κ3) is 4.37. The fourth-order valence-electron chi connectivity index (χ4n) is 3.10. The largest absolute Gasteiger partial charge is 0.482 e. The van der Waals surface area contributed by atoms with Gasteiger partial charge < -0.3 is 14.0 Å². The van der Waals surface area contributed by atoms with Gasteiger partial charge in [0, 0.05) is 23.0 Å². The molecule has 30 heavy (non-hydrogen) atoms. The van der Waals surface area contributed by atoms with E-state index < -0.39 is 5.97 Å². The number of hydrogen-bond acceptors (Lipinski definition) is 6. The van der Waals surface area contributed by atoms with Crippen molar-refractivity contribution in [2.24, 2.45) is 0 Å². The van der Waals surface area contributed by atoms with Crippen molar-refractivity contribution in [1.29, 1.82) is 0 Å². The molecule has 0 spiro atoms. The highest BCUT2D eigenvalue weighted by molar-refractivity contribution is 6.37. The lowest BCUT2D eigenvalue weighted by Crippen LogP contribution is -2.13. The second-order valence-electron chi connectivity index (χ2n) is 6.62. The number of benzene rings is 1. The lowest BCUT2D eigenvalue weighted by atomic mass is 10.1. The van der Waals surface area contributed by atoms with Crippen molar-refractivity contribution in [1.82, 2.24) is 9.72 Å². The normalized spacial score (nSPS) is 10.9. The maximum atomic E-state index is 12.8. The number of carbonyl (C=O) groups excluding carboxylic acids is 2. The summed E-state index contributed by atoms with van der Waals surface area (Å²) in [6.07, 6.45) is 0. The number of Topliss-reactive ketones (excluding diaryl/α,β-unsaturated/α-hetero) is 1. The highest BCUT2D eigenvalue weighted by Gasteiger charge is 2.21. The molecule has 0 bridgehead atoms. The molecule has 2 heterocycles. The van der Waals surface area contributed by atoms with Crippen LogP contribution in [0.4, 0.5) is 0 Å². The van der Waals surface area contributed by atoms with Gasteiger partial charge in [-0.15, -0.1) is 0 Å². The molecule has 0 saturated heterocycles. The quantitative estimate of drug-likeness (QED) is 0.366. The maximum Gasteiger partial charge on any atom is 0.338 e. The molecule has 0 N–H and O–H groups in total. The van der Waals surface area contributed by atoms with E-state index in [4.69, 9.17) is 37.2 Å². The van der Waals surface area contributed by atoms with E-state index >= 15 is 0 Å². The first-order valence-corrected chi connectivity index (χ1v) is 9.93. The molecule has 0 atom stereocenters. The Bertz CT molecular complexity index is 1090. The molecule has 9 heteroatoms. The average molecular weight is 451 g/mol. The van der Waals surface area contributed by atoms with Gasteiger partial charge in [-0.3, -0.25) is 9.36 Å². The number of aromatic nitrogens is 2. The van der Waals surface area contributed by atoms with Gasteiger partial charge in [0.25, 0.3) is 0 Å². The lowest BCUT2D eigenvalue weighted by Gasteiger charge is -2.11. The molecule has 0 aliphatic carbocycles. The van der Waals surface area contributed by atoms with Gasteiger partial charge in [0.1, 0.15) is 5.76 Å². The molecule has 3 aromatic rings. The Morgan fingerprint density at radius 3 is 2.33 bits per heavy atom. The maximum absolute atomic E-state index is 12.8. The van der Waals surface area contributed by atoms with Crippen LogP contribution in [-0.4, -0.2) is 34.7 Å². The Kier molecular flexibility index (Phi) is 6.53. The first kappa shape index (κ1) is 21.9. The Morgan fingerprint density at radius 2 is 1.77 bits per heavy atom. The third-order valence-corrected chi connectivity index (χ3v) is 4.99. The summed E-state index contributed by atoms with van der Waals surface area (Å²) in [7, 11) is 0. The molecule has 7 nitrogen and oxygen atoms in total. The molecule has 0 amide bonds. The van der Waals surface area contributed by atoms with Crippen LogP contribution in [0.2, 0.25) is 10.0 Å². The summed E-state index contributed by atoms with van der Waals surface area (Å²) in [4.78, 5) is 24.6. The van der Waals surface area contributed by atoms with E-state index in [9.17, 15) is 9.59 Å². The van der Waals surface area contributed by atoms with Gasteiger partial charge in [-0.1, -0.05) is 28.4 Å². The number of halogens is 2. The second kappa shape index (κ2) is 8.93. The Balaban J connectivity index is 1.79. The predicted molar refractivity (Wildman–Crippen MR) is 112 cm³/mol. The number of rotatable bonds is 7. The van der Waals surface area contributed by atoms with Gasteiger partial charge in [-0.05, 0) is 45.9 Å². The van der Waals surface area contributed by atoms with Crippen LogP contribution in [0, 0.1) is 20.8 Å². The van der Waals surface area contributed by atoms with Crippen LogP contribution in [0.15, 0.2) is 28.8 Å². The monoisotopic (exact) mass is 450 g/mol. The summed E-state index contributed by atoms with van der Waals surface area (Å²) in [5.41, 5.74) is 2.24. The van der Waals surface area contributed by atoms with Crippen molar-refractivity contribution in [3.05, 3.63) is 62.6 Å². The summed E-state index contributed by atoms with van der Waals surface area (Å²) >= 11 is 12.4. The van der Waals surface area contributed by atoms with Crippen LogP contribution in [0.3, 0.4) is 0 Å². The number of ketones is 1. The molecule has 158 valence electrons. The third-order valence-electron chi connectivity index (χ3n) is 4.43. The van der Waals surface area contributed by atoms with Gasteiger partial charge >= 0.3 is 5.97 Å². The zero-order valence-corrected chi connectivity index (χ0v) is 18.4. The van der Waals surface area contributed by atoms with Crippen molar-refractivity contribution in [3.63, 3.8) is 0 Å². The van der Waals surface area contributed by atoms with E-state index in [0.29, 0.717) is 22.8 Å². The summed E-state index contributed by atoms with van der Waals surface area (Å²) in [5.74, 6) is 0.601. The molecule has 3 rings (SSSR count). The second-order valence-corrected chi connectivity index (χ2v) is 7.43. The fourth-order valence-corrected chi connectivity index (χ4v) is 3.70. The van der Waals surface area contributed by atoms with Crippen molar-refractivity contribution in [3.8, 4) is 11.6 Å². The van der Waals surface area contributed by atoms with E-state index in [-0.39, 0.29) is 40.4 Å². The van der Waals surface area contributed by atoms with E-state index in [0.717, 1.165) is 5.69 Å². The van der Waals surface area contributed by atoms with E-state index in [1.165, 1.54) is 12.1 Å². The summed E-state index contributed by atoms with van der Waals surface area (Å²) in [6, 6.07) is 6.33. The molecule has 0 fully saturated rings. The van der Waals surface area contributed by atoms with Crippen LogP contribution < -0.4 is 4.74 Å². The average Bonchev–Trinajstić information content (AvgIpc) is 3.23. The van der Waals surface area contributed by atoms with Gasteiger partial charge in [-0.25, -0.2) is 4.79 Å². The predicted octanol–water partition coefficient (Wildman–Crippen LogP) is 5.14. The first-order valence-electron chi connectivity index (χ1n) is 9.17. The molecule has 0 saturated carbocycles. The van der Waals surface area contributed by atoms with E-state index in [1.54, 1.807) is 26.0 Å². The molecule has 0 unspecified atom stereocenters. The molecular weight excluding hydrogens is 431 g/mol. The van der Waals surface area contributed by atoms with Crippen LogP contribution >= 0.6 is 23.2 Å². The van der Waals surface area contributed by atoms with Crippen molar-refractivity contribution < 1.29 is 23.6 Å². The topological polar surface area (TPSA) is 83.6 Å². The lowest BCUT2D eigenvalue weighted by molar-refractivity contribution is 0.0526. The Labute approximate surface area is 183 Å². The fraction of sp³-hybridized carbons (Fsp3) is 0.286. The first-order chi connectivity index (χ1) is 14.2. The smallest absolute Gasteiger partial charge is 0.338 e. The Morgan fingerprint density at radius 1 is 1.10 bits per heavy atom. The number of aryl methyl sites for hydroxylation is 2. The van der Waals surface area contributed by atoms with Gasteiger partial charge in [-0.2, -0.15) is 0 Å². The minimum absolute atomic E-state index is 0.113. The standard InChI is InChI=1S/C21H20Cl2N2O5/c1-5-28-21(27)14-8-16(22)20(17(23)9-14)29-10-18(26)15-6-11(2)25(13(15)4)19-7-12(3)30-24-19/h6-9H,5,10H2,1-4H3. The highest BCUT2D eigenvalue weighted by Crippen LogP contribution is 2.34. The van der Waals surface area contributed by atoms with E-state index in [2.05, 4.69) is 5.16 Å². The summed E-state index contributed by atoms with van der Waals surface area (Å²) in [6.45, 7) is 7.14. The van der Waals surface area contributed by atoms with E-state index in [1.807, 2.05) is 18.4 Å². The molecule has 0 aliphatic heterocycles. The number of ether oxygens (including phenoxy) is 2. The molecule has 0 radical (unpaired) electrons. The van der Waals surface area contributed by atoms with Crippen LogP contribution in [0.1, 0.15) is 44.8 Å². The van der Waals surface area contributed by atoms with Gasteiger partial charge in [0.15, 0.2) is 18.2 Å². The summed E-state index contributed by atoms with van der Waals surface area (Å²) < 4.78 is 17.5. The SMILES string of the molecule is CCOC(=O)c1cc(Cl)c(OCC(=O)c2cc(C)n(-c3cc(C)on3)c2C)c(Cl)c1. The summed E-state index contributed by atoms with van der Waals surface area (Å²) in [5, 5.41) is 4.23. The zero-order valence-electron chi connectivity index (χ0n) is 16.9. The van der Waals surface area contributed by atoms with Crippen LogP contribution in [-0.2, 0) is 4.74 Å². The molecule has 1 aromatic carbocycles. The number of nitrogens with zero attached hydrogens (tertiary/aromatic N) is 2. The number of esters is 1. The number of carbonyl (C=O) groups is 2. The Hall–Kier alpha value is -2.77. The van der Waals surface area contributed by atoms with Crippen LogP contribution in [0.5, 0.6) is 5.75 Å². The molecule has 2 aromatic heterocycles. The van der Waals surface area contributed by atoms with Crippen molar-refractivity contribution in [2.75, 3.05) is 13.2 Å². The molecule has 0 aliphatic rings. The van der Waals surface area contributed by atoms with Gasteiger partial charge in [0.05, 0.1) is 22.2 Å². The highest BCUT2D eigenvalue weighted by atomic mass is 35.5. The molecular formula is C21H20Cl2N2O5. The van der Waals surface area contributed by atoms with Gasteiger partial charge in [0.2, 0.25) is 5.78 Å². The van der Waals surface area contributed by atoms with Crippen LogP contribution in [0.25, 0.3) is 5.82 Å². The number of hydrogen-bond donors (Lipinski definition) is 0. The van der Waals surface area contributed by atoms with Crippen molar-refractivity contribution in [2.45, 2.75) is 27.7 Å².